The van der Waals surface area contributed by atoms with Gasteiger partial charge in [-0.1, -0.05) is 97.1 Å². The lowest BCUT2D eigenvalue weighted by Gasteiger charge is -2.19. The van der Waals surface area contributed by atoms with E-state index < -0.39 is 0 Å². The third-order valence-corrected chi connectivity index (χ3v) is 6.72. The minimum Gasteiger partial charge on any atom is -0.0620 e. The Morgan fingerprint density at radius 2 is 0.906 bits per heavy atom. The lowest BCUT2D eigenvalue weighted by atomic mass is 9.84. The standard InChI is InChI=1S/C32H24/c1-21-11-3-7-15-25(21)31(26-16-8-4-12-22(26)2)32-28-18-10-9-17-27(28)29-19-23-13-5-6-14-24(23)20-30(29)32/h3-20H,1-2H3. The Kier molecular flexibility index (Phi) is 4.33. The van der Waals surface area contributed by atoms with Crippen LogP contribution in [0.15, 0.2) is 109 Å². The van der Waals surface area contributed by atoms with Gasteiger partial charge in [0, 0.05) is 0 Å². The maximum absolute atomic E-state index is 2.39. The van der Waals surface area contributed by atoms with Crippen molar-refractivity contribution in [3.8, 4) is 11.1 Å². The van der Waals surface area contributed by atoms with Crippen LogP contribution in [0.1, 0.15) is 33.4 Å². The van der Waals surface area contributed by atoms with E-state index in [1.54, 1.807) is 0 Å². The minimum absolute atomic E-state index is 1.28. The molecule has 0 unspecified atom stereocenters. The summed E-state index contributed by atoms with van der Waals surface area (Å²) in [4.78, 5) is 0. The van der Waals surface area contributed by atoms with E-state index in [-0.39, 0.29) is 0 Å². The zero-order valence-corrected chi connectivity index (χ0v) is 18.4. The van der Waals surface area contributed by atoms with E-state index in [1.165, 1.54) is 66.4 Å². The minimum atomic E-state index is 1.28. The van der Waals surface area contributed by atoms with Gasteiger partial charge >= 0.3 is 0 Å². The lowest BCUT2D eigenvalue weighted by molar-refractivity contribution is 1.37. The Morgan fingerprint density at radius 3 is 1.50 bits per heavy atom. The van der Waals surface area contributed by atoms with Crippen LogP contribution < -0.4 is 0 Å². The highest BCUT2D eigenvalue weighted by Gasteiger charge is 2.28. The first-order valence-electron chi connectivity index (χ1n) is 11.2. The van der Waals surface area contributed by atoms with Gasteiger partial charge in [-0.2, -0.15) is 0 Å². The van der Waals surface area contributed by atoms with Crippen LogP contribution in [-0.2, 0) is 0 Å². The van der Waals surface area contributed by atoms with Crippen molar-refractivity contribution in [1.82, 2.24) is 0 Å². The summed E-state index contributed by atoms with van der Waals surface area (Å²) in [6, 6.07) is 39.8. The monoisotopic (exact) mass is 408 g/mol. The molecule has 1 aliphatic carbocycles. The third kappa shape index (κ3) is 2.84. The highest BCUT2D eigenvalue weighted by atomic mass is 14.3. The number of hydrogen-bond donors (Lipinski definition) is 0. The van der Waals surface area contributed by atoms with Crippen molar-refractivity contribution in [2.24, 2.45) is 0 Å². The number of hydrogen-bond acceptors (Lipinski definition) is 0. The molecule has 0 heteroatoms. The first kappa shape index (κ1) is 18.8. The molecule has 5 aromatic carbocycles. The Balaban J connectivity index is 1.81. The molecular formula is C32H24. The van der Waals surface area contributed by atoms with Crippen LogP contribution in [0.3, 0.4) is 0 Å². The van der Waals surface area contributed by atoms with E-state index in [4.69, 9.17) is 0 Å². The summed E-state index contributed by atoms with van der Waals surface area (Å²) < 4.78 is 0. The Hall–Kier alpha value is -3.90. The maximum Gasteiger partial charge on any atom is -0.00139 e. The molecular weight excluding hydrogens is 384 g/mol. The highest BCUT2D eigenvalue weighted by molar-refractivity contribution is 6.15. The molecule has 0 amide bonds. The van der Waals surface area contributed by atoms with Gasteiger partial charge in [-0.15, -0.1) is 0 Å². The van der Waals surface area contributed by atoms with Crippen LogP contribution in [-0.4, -0.2) is 0 Å². The van der Waals surface area contributed by atoms with Crippen molar-refractivity contribution in [3.63, 3.8) is 0 Å². The van der Waals surface area contributed by atoms with Gasteiger partial charge in [0.15, 0.2) is 0 Å². The Labute approximate surface area is 189 Å². The van der Waals surface area contributed by atoms with E-state index in [9.17, 15) is 0 Å². The van der Waals surface area contributed by atoms with Crippen molar-refractivity contribution in [3.05, 3.63) is 143 Å². The Morgan fingerprint density at radius 1 is 0.438 bits per heavy atom. The van der Waals surface area contributed by atoms with Crippen molar-refractivity contribution in [2.45, 2.75) is 13.8 Å². The molecule has 0 saturated carbocycles. The quantitative estimate of drug-likeness (QED) is 0.270. The molecule has 32 heavy (non-hydrogen) atoms. The van der Waals surface area contributed by atoms with Crippen molar-refractivity contribution < 1.29 is 0 Å². The van der Waals surface area contributed by atoms with Gasteiger partial charge in [0.25, 0.3) is 0 Å². The first-order valence-corrected chi connectivity index (χ1v) is 11.2. The predicted octanol–water partition coefficient (Wildman–Crippen LogP) is 8.44. The Bertz CT molecular complexity index is 1480. The molecule has 0 radical (unpaired) electrons. The smallest absolute Gasteiger partial charge is 0.00139 e. The van der Waals surface area contributed by atoms with Gasteiger partial charge in [0.1, 0.15) is 0 Å². The molecule has 0 N–H and O–H groups in total. The number of benzene rings is 5. The molecule has 0 spiro atoms. The van der Waals surface area contributed by atoms with Crippen LogP contribution >= 0.6 is 0 Å². The molecule has 0 aliphatic heterocycles. The second kappa shape index (κ2) is 7.35. The molecule has 0 fully saturated rings. The van der Waals surface area contributed by atoms with Crippen molar-refractivity contribution in [1.29, 1.82) is 0 Å². The maximum atomic E-state index is 2.39. The molecule has 0 atom stereocenters. The fourth-order valence-electron chi connectivity index (χ4n) is 5.14. The van der Waals surface area contributed by atoms with Crippen molar-refractivity contribution >= 4 is 21.9 Å². The summed E-state index contributed by atoms with van der Waals surface area (Å²) in [5.41, 5.74) is 13.1. The fraction of sp³-hybridized carbons (Fsp3) is 0.0625. The lowest BCUT2D eigenvalue weighted by Crippen LogP contribution is -1.98. The third-order valence-electron chi connectivity index (χ3n) is 6.72. The highest BCUT2D eigenvalue weighted by Crippen LogP contribution is 2.50. The van der Waals surface area contributed by atoms with Crippen LogP contribution in [0, 0.1) is 13.8 Å². The van der Waals surface area contributed by atoms with Crippen molar-refractivity contribution in [2.75, 3.05) is 0 Å². The van der Waals surface area contributed by atoms with Crippen LogP contribution in [0.2, 0.25) is 0 Å². The fourth-order valence-corrected chi connectivity index (χ4v) is 5.14. The summed E-state index contributed by atoms with van der Waals surface area (Å²) in [6.45, 7) is 4.44. The van der Waals surface area contributed by atoms with Gasteiger partial charge in [-0.05, 0) is 92.4 Å². The molecule has 0 bridgehead atoms. The molecule has 152 valence electrons. The van der Waals surface area contributed by atoms with Gasteiger partial charge < -0.3 is 0 Å². The van der Waals surface area contributed by atoms with Crippen LogP contribution in [0.4, 0.5) is 0 Å². The van der Waals surface area contributed by atoms with E-state index in [0.717, 1.165) is 0 Å². The van der Waals surface area contributed by atoms with Gasteiger partial charge in [0.2, 0.25) is 0 Å². The van der Waals surface area contributed by atoms with E-state index >= 15 is 0 Å². The largest absolute Gasteiger partial charge is 0.0620 e. The molecule has 0 nitrogen and oxygen atoms in total. The molecule has 5 aromatic rings. The summed E-state index contributed by atoms with van der Waals surface area (Å²) in [6.07, 6.45) is 0. The predicted molar refractivity (Wildman–Crippen MR) is 137 cm³/mol. The second-order valence-corrected chi connectivity index (χ2v) is 8.67. The second-order valence-electron chi connectivity index (χ2n) is 8.67. The normalized spacial score (nSPS) is 12.0. The van der Waals surface area contributed by atoms with Crippen LogP contribution in [0.5, 0.6) is 0 Å². The summed E-state index contributed by atoms with van der Waals surface area (Å²) in [5.74, 6) is 0. The topological polar surface area (TPSA) is 0 Å². The zero-order valence-electron chi connectivity index (χ0n) is 18.4. The van der Waals surface area contributed by atoms with Gasteiger partial charge in [-0.25, -0.2) is 0 Å². The number of rotatable bonds is 2. The summed E-state index contributed by atoms with van der Waals surface area (Å²) >= 11 is 0. The summed E-state index contributed by atoms with van der Waals surface area (Å²) in [5, 5.41) is 2.57. The van der Waals surface area contributed by atoms with E-state index in [1.807, 2.05) is 0 Å². The average Bonchev–Trinajstić information content (AvgIpc) is 3.13. The molecule has 0 saturated heterocycles. The SMILES string of the molecule is Cc1ccccc1C(=C1c2ccccc2-c2cc3ccccc3cc21)c1ccccc1C. The zero-order chi connectivity index (χ0) is 21.7. The molecule has 1 aliphatic rings. The molecule has 6 rings (SSSR count). The molecule has 0 aromatic heterocycles. The van der Waals surface area contributed by atoms with Crippen LogP contribution in [0.25, 0.3) is 33.0 Å². The van der Waals surface area contributed by atoms with E-state index in [0.29, 0.717) is 0 Å². The number of aryl methyl sites for hydroxylation is 2. The average molecular weight is 409 g/mol. The van der Waals surface area contributed by atoms with E-state index in [2.05, 4.69) is 123 Å². The first-order chi connectivity index (χ1) is 15.7. The van der Waals surface area contributed by atoms with Gasteiger partial charge in [-0.3, -0.25) is 0 Å². The molecule has 0 heterocycles. The number of fused-ring (bicyclic) bond motifs is 4. The van der Waals surface area contributed by atoms with Gasteiger partial charge in [0.05, 0.1) is 0 Å². The summed E-state index contributed by atoms with van der Waals surface area (Å²) in [7, 11) is 0.